The van der Waals surface area contributed by atoms with Crippen LogP contribution < -0.4 is 14.9 Å². The maximum Gasteiger partial charge on any atom is 0.338 e. The predicted molar refractivity (Wildman–Crippen MR) is 136 cm³/mol. The number of carbonyl (C=O) groups is 1. The summed E-state index contributed by atoms with van der Waals surface area (Å²) in [6.07, 6.45) is 1.74. The summed E-state index contributed by atoms with van der Waals surface area (Å²) < 4.78 is 13.3. The number of fused-ring (bicyclic) bond motifs is 1. The molecule has 1 aliphatic heterocycles. The summed E-state index contributed by atoms with van der Waals surface area (Å²) in [6, 6.07) is 19.4. The number of benzene rings is 2. The maximum absolute atomic E-state index is 13.7. The average molecular weight is 505 g/mol. The highest BCUT2D eigenvalue weighted by molar-refractivity contribution is 7.07. The number of ether oxygens (including phenoxy) is 1. The monoisotopic (exact) mass is 504 g/mol. The van der Waals surface area contributed by atoms with Crippen LogP contribution >= 0.6 is 22.9 Å². The number of hydrogen-bond acceptors (Lipinski definition) is 6. The third-order valence-electron chi connectivity index (χ3n) is 5.60. The lowest BCUT2D eigenvalue weighted by Crippen LogP contribution is -2.39. The van der Waals surface area contributed by atoms with Crippen LogP contribution in [0.3, 0.4) is 0 Å². The summed E-state index contributed by atoms with van der Waals surface area (Å²) >= 11 is 7.58. The summed E-state index contributed by atoms with van der Waals surface area (Å²) in [6.45, 7) is 3.74. The molecule has 2 aromatic heterocycles. The van der Waals surface area contributed by atoms with Gasteiger partial charge in [-0.05, 0) is 43.7 Å². The second-order valence-corrected chi connectivity index (χ2v) is 9.32. The van der Waals surface area contributed by atoms with Gasteiger partial charge in [0.15, 0.2) is 4.80 Å². The van der Waals surface area contributed by atoms with Gasteiger partial charge in [-0.25, -0.2) is 9.79 Å². The van der Waals surface area contributed by atoms with E-state index in [9.17, 15) is 9.59 Å². The third-order valence-corrected chi connectivity index (χ3v) is 6.92. The molecule has 0 radical (unpaired) electrons. The Morgan fingerprint density at radius 1 is 1.14 bits per heavy atom. The minimum absolute atomic E-state index is 0.186. The molecule has 1 aliphatic rings. The van der Waals surface area contributed by atoms with Crippen molar-refractivity contribution in [1.29, 1.82) is 0 Å². The van der Waals surface area contributed by atoms with E-state index in [1.807, 2.05) is 55.5 Å². The van der Waals surface area contributed by atoms with Crippen molar-refractivity contribution in [2.75, 3.05) is 6.61 Å². The van der Waals surface area contributed by atoms with E-state index in [0.29, 0.717) is 31.6 Å². The van der Waals surface area contributed by atoms with Gasteiger partial charge in [-0.2, -0.15) is 0 Å². The summed E-state index contributed by atoms with van der Waals surface area (Å²) in [7, 11) is 0. The van der Waals surface area contributed by atoms with E-state index in [4.69, 9.17) is 25.7 Å². The molecule has 1 unspecified atom stereocenters. The highest BCUT2D eigenvalue weighted by Crippen LogP contribution is 2.35. The minimum Gasteiger partial charge on any atom is -0.464 e. The normalized spacial score (nSPS) is 15.6. The largest absolute Gasteiger partial charge is 0.464 e. The summed E-state index contributed by atoms with van der Waals surface area (Å²) in [5.74, 6) is 0.577. The molecule has 0 aliphatic carbocycles. The van der Waals surface area contributed by atoms with Crippen LogP contribution in [0.5, 0.6) is 0 Å². The first kappa shape index (κ1) is 23.1. The molecule has 1 atom stereocenters. The molecule has 3 heterocycles. The van der Waals surface area contributed by atoms with E-state index in [1.165, 1.54) is 15.9 Å². The second kappa shape index (κ2) is 9.52. The molecule has 176 valence electrons. The Kier molecular flexibility index (Phi) is 6.28. The molecule has 35 heavy (non-hydrogen) atoms. The molecule has 0 fully saturated rings. The van der Waals surface area contributed by atoms with Gasteiger partial charge in [-0.15, -0.1) is 0 Å². The second-order valence-electron chi connectivity index (χ2n) is 7.90. The lowest BCUT2D eigenvalue weighted by Gasteiger charge is -2.24. The first-order valence-electron chi connectivity index (χ1n) is 11.1. The fraction of sp³-hybridized carbons (Fsp3) is 0.148. The number of carbonyl (C=O) groups excluding carboxylic acids is 1. The minimum atomic E-state index is -0.831. The lowest BCUT2D eigenvalue weighted by molar-refractivity contribution is -0.139. The van der Waals surface area contributed by atoms with E-state index in [2.05, 4.69) is 0 Å². The molecule has 4 aromatic rings. The van der Waals surface area contributed by atoms with Gasteiger partial charge in [0.05, 0.1) is 22.4 Å². The first-order chi connectivity index (χ1) is 17.0. The van der Waals surface area contributed by atoms with Crippen LogP contribution in [0.4, 0.5) is 0 Å². The Balaban J connectivity index is 1.84. The number of hydrogen-bond donors (Lipinski definition) is 0. The van der Waals surface area contributed by atoms with Gasteiger partial charge < -0.3 is 9.15 Å². The van der Waals surface area contributed by atoms with Crippen molar-refractivity contribution in [2.45, 2.75) is 19.9 Å². The molecule has 5 rings (SSSR count). The molecule has 2 aromatic carbocycles. The molecule has 0 spiro atoms. The standard InChI is InChI=1S/C27H21ClN2O4S/c1-3-33-26(32)22-23(17-9-5-4-6-10-17)29-27-30(24(22)20-14-13-16(2)34-20)25(31)21(35-27)15-18-11-7-8-12-19(18)28/h4-15,24H,3H2,1-2H3. The quantitative estimate of drug-likeness (QED) is 0.375. The molecular weight excluding hydrogens is 484 g/mol. The van der Waals surface area contributed by atoms with E-state index in [1.54, 1.807) is 31.2 Å². The van der Waals surface area contributed by atoms with Gasteiger partial charge in [0.2, 0.25) is 0 Å². The molecule has 0 saturated carbocycles. The van der Waals surface area contributed by atoms with Crippen LogP contribution in [0.15, 0.2) is 86.5 Å². The number of rotatable bonds is 5. The van der Waals surface area contributed by atoms with Crippen LogP contribution in [0, 0.1) is 6.92 Å². The van der Waals surface area contributed by atoms with Crippen LogP contribution in [0.25, 0.3) is 11.8 Å². The highest BCUT2D eigenvalue weighted by atomic mass is 35.5. The van der Waals surface area contributed by atoms with Crippen LogP contribution in [0.2, 0.25) is 5.02 Å². The van der Waals surface area contributed by atoms with E-state index in [-0.39, 0.29) is 17.7 Å². The van der Waals surface area contributed by atoms with Crippen molar-refractivity contribution in [3.8, 4) is 0 Å². The van der Waals surface area contributed by atoms with Crippen molar-refractivity contribution in [1.82, 2.24) is 4.57 Å². The van der Waals surface area contributed by atoms with Gasteiger partial charge in [-0.1, -0.05) is 71.5 Å². The fourth-order valence-corrected chi connectivity index (χ4v) is 5.23. The van der Waals surface area contributed by atoms with Gasteiger partial charge in [0.25, 0.3) is 5.56 Å². The SMILES string of the molecule is CCOC(=O)C1=C(c2ccccc2)N=c2sc(=Cc3ccccc3Cl)c(=O)n2C1c1ccc(C)o1. The Hall–Kier alpha value is -3.68. The van der Waals surface area contributed by atoms with Gasteiger partial charge in [0.1, 0.15) is 17.6 Å². The Bertz CT molecular complexity index is 1630. The van der Waals surface area contributed by atoms with E-state index in [0.717, 1.165) is 11.1 Å². The van der Waals surface area contributed by atoms with Gasteiger partial charge in [0, 0.05) is 10.6 Å². The predicted octanol–water partition coefficient (Wildman–Crippen LogP) is 4.49. The molecule has 8 heteroatoms. The van der Waals surface area contributed by atoms with E-state index < -0.39 is 12.0 Å². The Morgan fingerprint density at radius 2 is 1.89 bits per heavy atom. The average Bonchev–Trinajstić information content (AvgIpc) is 3.43. The number of aromatic nitrogens is 1. The zero-order valence-corrected chi connectivity index (χ0v) is 20.6. The van der Waals surface area contributed by atoms with E-state index >= 15 is 0 Å². The number of nitrogens with zero attached hydrogens (tertiary/aromatic N) is 2. The first-order valence-corrected chi connectivity index (χ1v) is 12.3. The van der Waals surface area contributed by atoms with Crippen LogP contribution in [0.1, 0.15) is 35.6 Å². The summed E-state index contributed by atoms with van der Waals surface area (Å²) in [5, 5.41) is 0.536. The Morgan fingerprint density at radius 3 is 2.57 bits per heavy atom. The van der Waals surface area contributed by atoms with Crippen molar-refractivity contribution in [3.05, 3.63) is 120 Å². The summed E-state index contributed by atoms with van der Waals surface area (Å²) in [4.78, 5) is 32.3. The van der Waals surface area contributed by atoms with Crippen molar-refractivity contribution in [2.24, 2.45) is 4.99 Å². The molecule has 6 nitrogen and oxygen atoms in total. The number of esters is 1. The number of halogens is 1. The maximum atomic E-state index is 13.7. The summed E-state index contributed by atoms with van der Waals surface area (Å²) in [5.41, 5.74) is 1.88. The highest BCUT2D eigenvalue weighted by Gasteiger charge is 2.36. The molecule has 0 N–H and O–H groups in total. The molecular formula is C27H21ClN2O4S. The van der Waals surface area contributed by atoms with Gasteiger partial charge in [-0.3, -0.25) is 9.36 Å². The van der Waals surface area contributed by atoms with Crippen molar-refractivity contribution in [3.63, 3.8) is 0 Å². The third kappa shape index (κ3) is 4.29. The lowest BCUT2D eigenvalue weighted by atomic mass is 9.97. The van der Waals surface area contributed by atoms with Gasteiger partial charge >= 0.3 is 5.97 Å². The zero-order chi connectivity index (χ0) is 24.5. The van der Waals surface area contributed by atoms with Crippen molar-refractivity contribution < 1.29 is 13.9 Å². The zero-order valence-electron chi connectivity index (χ0n) is 19.0. The molecule has 0 amide bonds. The Labute approximate surface area is 210 Å². The number of aryl methyl sites for hydroxylation is 1. The molecule has 0 bridgehead atoms. The smallest absolute Gasteiger partial charge is 0.338 e. The van der Waals surface area contributed by atoms with Crippen LogP contribution in [-0.2, 0) is 9.53 Å². The number of furan rings is 1. The topological polar surface area (TPSA) is 73.8 Å². The molecule has 0 saturated heterocycles. The van der Waals surface area contributed by atoms with Crippen molar-refractivity contribution >= 4 is 40.7 Å². The fourth-order valence-electron chi connectivity index (χ4n) is 4.04. The number of thiazole rings is 1. The van der Waals surface area contributed by atoms with Crippen LogP contribution in [-0.4, -0.2) is 17.1 Å².